The molecule has 2 aromatic rings. The molecule has 7 heteroatoms. The monoisotopic (exact) mass is 314 g/mol. The van der Waals surface area contributed by atoms with Crippen molar-refractivity contribution in [2.75, 3.05) is 5.73 Å². The number of nitrogen functional groups attached to an aromatic ring is 1. The first kappa shape index (κ1) is 12.3. The van der Waals surface area contributed by atoms with E-state index >= 15 is 0 Å². The van der Waals surface area contributed by atoms with Gasteiger partial charge in [0.1, 0.15) is 0 Å². The van der Waals surface area contributed by atoms with Crippen LogP contribution in [0.2, 0.25) is 0 Å². The topological polar surface area (TPSA) is 73.8 Å². The van der Waals surface area contributed by atoms with E-state index in [2.05, 4.69) is 25.9 Å². The first-order chi connectivity index (χ1) is 7.99. The van der Waals surface area contributed by atoms with Crippen LogP contribution < -0.4 is 11.4 Å². The molecule has 0 fully saturated rings. The van der Waals surface area contributed by atoms with Crippen LogP contribution in [0.25, 0.3) is 0 Å². The Kier molecular flexibility index (Phi) is 3.30. The fourth-order valence-electron chi connectivity index (χ4n) is 1.51. The molecule has 0 saturated carbocycles. The van der Waals surface area contributed by atoms with Crippen molar-refractivity contribution in [1.82, 2.24) is 14.5 Å². The van der Waals surface area contributed by atoms with E-state index in [9.17, 15) is 4.79 Å². The summed E-state index contributed by atoms with van der Waals surface area (Å²) in [6.45, 7) is 4.13. The molecule has 0 amide bonds. The summed E-state index contributed by atoms with van der Waals surface area (Å²) in [5.74, 6) is 0. The highest BCUT2D eigenvalue weighted by Gasteiger charge is 2.10. The molecule has 0 aliphatic carbocycles. The molecule has 2 rings (SSSR count). The van der Waals surface area contributed by atoms with Gasteiger partial charge in [0.25, 0.3) is 0 Å². The van der Waals surface area contributed by atoms with Gasteiger partial charge in [0, 0.05) is 16.8 Å². The summed E-state index contributed by atoms with van der Waals surface area (Å²) < 4.78 is 2.46. The third-order valence-electron chi connectivity index (χ3n) is 2.42. The highest BCUT2D eigenvalue weighted by molar-refractivity contribution is 9.10. The van der Waals surface area contributed by atoms with E-state index in [1.54, 1.807) is 17.7 Å². The molecule has 2 N–H and O–H groups in total. The van der Waals surface area contributed by atoms with Crippen molar-refractivity contribution < 1.29 is 0 Å². The second kappa shape index (κ2) is 4.58. The van der Waals surface area contributed by atoms with Gasteiger partial charge >= 0.3 is 5.69 Å². The van der Waals surface area contributed by atoms with Gasteiger partial charge in [0.2, 0.25) is 0 Å². The van der Waals surface area contributed by atoms with Crippen LogP contribution in [0.3, 0.4) is 0 Å². The molecule has 90 valence electrons. The van der Waals surface area contributed by atoms with Gasteiger partial charge in [-0.2, -0.15) is 4.98 Å². The zero-order valence-corrected chi connectivity index (χ0v) is 11.8. The van der Waals surface area contributed by atoms with Gasteiger partial charge in [-0.05, 0) is 29.8 Å². The number of halogens is 1. The number of aryl methyl sites for hydroxylation is 1. The van der Waals surface area contributed by atoms with Crippen LogP contribution in [0.5, 0.6) is 0 Å². The smallest absolute Gasteiger partial charge is 0.348 e. The predicted molar refractivity (Wildman–Crippen MR) is 71.3 cm³/mol. The molecule has 0 aliphatic rings. The number of rotatable bonds is 2. The van der Waals surface area contributed by atoms with E-state index in [-0.39, 0.29) is 5.69 Å². The number of thiazole rings is 1. The summed E-state index contributed by atoms with van der Waals surface area (Å²) in [5.41, 5.74) is 6.86. The van der Waals surface area contributed by atoms with E-state index in [4.69, 9.17) is 5.73 Å². The van der Waals surface area contributed by atoms with Crippen molar-refractivity contribution in [1.29, 1.82) is 0 Å². The highest BCUT2D eigenvalue weighted by atomic mass is 79.9. The lowest BCUT2D eigenvalue weighted by atomic mass is 10.3. The Morgan fingerprint density at radius 2 is 2.24 bits per heavy atom. The molecular formula is C10H11BrN4OS. The van der Waals surface area contributed by atoms with Gasteiger partial charge in [-0.1, -0.05) is 0 Å². The summed E-state index contributed by atoms with van der Waals surface area (Å²) in [6, 6.07) is 0. The van der Waals surface area contributed by atoms with E-state index < -0.39 is 0 Å². The lowest BCUT2D eigenvalue weighted by Gasteiger charge is -2.10. The van der Waals surface area contributed by atoms with Crippen LogP contribution in [0, 0.1) is 13.8 Å². The SMILES string of the molecule is Cc1nc(=O)n(Cc2cnc(N)s2)c(C)c1Br. The Labute approximate surface area is 110 Å². The van der Waals surface area contributed by atoms with Gasteiger partial charge in [0.05, 0.1) is 16.7 Å². The summed E-state index contributed by atoms with van der Waals surface area (Å²) in [6.07, 6.45) is 1.68. The fraction of sp³-hybridized carbons (Fsp3) is 0.300. The van der Waals surface area contributed by atoms with Crippen molar-refractivity contribution in [3.8, 4) is 0 Å². The average molecular weight is 315 g/mol. The molecule has 0 bridgehead atoms. The largest absolute Gasteiger partial charge is 0.375 e. The van der Waals surface area contributed by atoms with Crippen LogP contribution in [0.15, 0.2) is 15.5 Å². The molecule has 0 radical (unpaired) electrons. The predicted octanol–water partition coefficient (Wildman–Crippen LogP) is 1.71. The van der Waals surface area contributed by atoms with Gasteiger partial charge in [-0.3, -0.25) is 4.57 Å². The molecule has 17 heavy (non-hydrogen) atoms. The van der Waals surface area contributed by atoms with E-state index in [0.29, 0.717) is 17.4 Å². The van der Waals surface area contributed by atoms with Gasteiger partial charge in [-0.15, -0.1) is 11.3 Å². The maximum absolute atomic E-state index is 11.8. The molecule has 0 aliphatic heterocycles. The van der Waals surface area contributed by atoms with Gasteiger partial charge < -0.3 is 5.73 Å². The van der Waals surface area contributed by atoms with Crippen LogP contribution >= 0.6 is 27.3 Å². The van der Waals surface area contributed by atoms with Crippen LogP contribution in [0.4, 0.5) is 5.13 Å². The minimum absolute atomic E-state index is 0.254. The number of anilines is 1. The van der Waals surface area contributed by atoms with Crippen LogP contribution in [0.1, 0.15) is 16.3 Å². The number of nitrogens with two attached hydrogens (primary N) is 1. The summed E-state index contributed by atoms with van der Waals surface area (Å²) >= 11 is 4.80. The molecule has 0 saturated heterocycles. The van der Waals surface area contributed by atoms with E-state index in [0.717, 1.165) is 15.0 Å². The van der Waals surface area contributed by atoms with E-state index in [1.807, 2.05) is 6.92 Å². The molecule has 0 atom stereocenters. The molecular weight excluding hydrogens is 304 g/mol. The quantitative estimate of drug-likeness (QED) is 0.915. The van der Waals surface area contributed by atoms with Crippen LogP contribution in [-0.4, -0.2) is 14.5 Å². The summed E-state index contributed by atoms with van der Waals surface area (Å²) in [4.78, 5) is 20.7. The third kappa shape index (κ3) is 2.39. The zero-order chi connectivity index (χ0) is 12.6. The first-order valence-corrected chi connectivity index (χ1v) is 6.53. The Balaban J connectivity index is 2.46. The van der Waals surface area contributed by atoms with Crippen molar-refractivity contribution >= 4 is 32.4 Å². The zero-order valence-electron chi connectivity index (χ0n) is 9.40. The normalized spacial score (nSPS) is 10.8. The lowest BCUT2D eigenvalue weighted by molar-refractivity contribution is 0.694. The van der Waals surface area contributed by atoms with Gasteiger partial charge in [-0.25, -0.2) is 9.78 Å². The fourth-order valence-corrected chi connectivity index (χ4v) is 2.49. The highest BCUT2D eigenvalue weighted by Crippen LogP contribution is 2.19. The number of nitrogens with zero attached hydrogens (tertiary/aromatic N) is 3. The number of hydrogen-bond donors (Lipinski definition) is 1. The maximum atomic E-state index is 11.8. The maximum Gasteiger partial charge on any atom is 0.348 e. The van der Waals surface area contributed by atoms with Crippen molar-refractivity contribution in [2.45, 2.75) is 20.4 Å². The minimum atomic E-state index is -0.254. The third-order valence-corrected chi connectivity index (χ3v) is 4.38. The second-order valence-electron chi connectivity index (χ2n) is 3.63. The Hall–Kier alpha value is -1.21. The summed E-state index contributed by atoms with van der Waals surface area (Å²) in [5, 5.41) is 0.504. The molecule has 2 aromatic heterocycles. The first-order valence-electron chi connectivity index (χ1n) is 4.92. The van der Waals surface area contributed by atoms with E-state index in [1.165, 1.54) is 11.3 Å². The molecule has 5 nitrogen and oxygen atoms in total. The summed E-state index contributed by atoms with van der Waals surface area (Å²) in [7, 11) is 0. The number of hydrogen-bond acceptors (Lipinski definition) is 5. The minimum Gasteiger partial charge on any atom is -0.375 e. The Morgan fingerprint density at radius 1 is 1.53 bits per heavy atom. The van der Waals surface area contributed by atoms with Crippen molar-refractivity contribution in [3.05, 3.63) is 37.4 Å². The molecule has 2 heterocycles. The Morgan fingerprint density at radius 3 is 2.82 bits per heavy atom. The lowest BCUT2D eigenvalue weighted by Crippen LogP contribution is -2.26. The van der Waals surface area contributed by atoms with Crippen molar-refractivity contribution in [2.24, 2.45) is 0 Å². The number of aromatic nitrogens is 3. The van der Waals surface area contributed by atoms with Gasteiger partial charge in [0.15, 0.2) is 5.13 Å². The molecule has 0 aromatic carbocycles. The van der Waals surface area contributed by atoms with Crippen molar-refractivity contribution in [3.63, 3.8) is 0 Å². The average Bonchev–Trinajstić information content (AvgIpc) is 2.67. The molecule has 0 unspecified atom stereocenters. The van der Waals surface area contributed by atoms with Crippen LogP contribution in [-0.2, 0) is 6.54 Å². The second-order valence-corrected chi connectivity index (χ2v) is 5.57. The Bertz CT molecular complexity index is 619. The standard InChI is InChI=1S/C10H11BrN4OS/c1-5-8(11)6(2)15(10(16)14-5)4-7-3-13-9(12)17-7/h3H,4H2,1-2H3,(H2,12,13). The molecule has 0 spiro atoms.